The number of anilines is 1. The predicted octanol–water partition coefficient (Wildman–Crippen LogP) is 5.50. The Labute approximate surface area is 209 Å². The average molecular weight is 600 g/mol. The number of nitrogens with one attached hydrogen (secondary N) is 1. The van der Waals surface area contributed by atoms with E-state index in [1.807, 2.05) is 0 Å². The molecule has 162 valence electrons. The van der Waals surface area contributed by atoms with Crippen LogP contribution in [-0.2, 0) is 21.9 Å². The van der Waals surface area contributed by atoms with Crippen LogP contribution >= 0.6 is 85.5 Å². The van der Waals surface area contributed by atoms with Crippen molar-refractivity contribution >= 4 is 103 Å². The molecule has 0 unspecified atom stereocenters. The van der Waals surface area contributed by atoms with E-state index in [0.29, 0.717) is 22.0 Å². The second kappa shape index (κ2) is 10.8. The summed E-state index contributed by atoms with van der Waals surface area (Å²) in [5.74, 6) is -0.830. The van der Waals surface area contributed by atoms with E-state index >= 15 is 0 Å². The maximum Gasteiger partial charge on any atom is 0.325 e. The first-order chi connectivity index (χ1) is 13.9. The monoisotopic (exact) mass is 596 g/mol. The summed E-state index contributed by atoms with van der Waals surface area (Å²) in [6.07, 6.45) is 0.807. The van der Waals surface area contributed by atoms with Gasteiger partial charge in [-0.2, -0.15) is 0 Å². The summed E-state index contributed by atoms with van der Waals surface area (Å²) in [6.45, 7) is -0.0715. The van der Waals surface area contributed by atoms with Crippen LogP contribution in [0.15, 0.2) is 22.7 Å². The Morgan fingerprint density at radius 2 is 1.67 bits per heavy atom. The van der Waals surface area contributed by atoms with Gasteiger partial charge in [0.25, 0.3) is 0 Å². The van der Waals surface area contributed by atoms with Crippen molar-refractivity contribution in [2.45, 2.75) is 14.0 Å². The van der Waals surface area contributed by atoms with Crippen LogP contribution in [0.25, 0.3) is 11.4 Å². The summed E-state index contributed by atoms with van der Waals surface area (Å²) >= 11 is 38.7. The average Bonchev–Trinajstić information content (AvgIpc) is 2.65. The van der Waals surface area contributed by atoms with Crippen molar-refractivity contribution < 1.29 is 14.3 Å². The number of hydrogen-bond donors (Lipinski definition) is 1. The van der Waals surface area contributed by atoms with Crippen LogP contribution in [0.3, 0.4) is 0 Å². The van der Waals surface area contributed by atoms with E-state index in [2.05, 4.69) is 36.2 Å². The lowest BCUT2D eigenvalue weighted by Gasteiger charge is -2.16. The number of carbonyl (C=O) groups excluding carboxylic acids is 2. The first kappa shape index (κ1) is 25.6. The summed E-state index contributed by atoms with van der Waals surface area (Å²) in [4.78, 5) is 34.1. The van der Waals surface area contributed by atoms with Gasteiger partial charge in [0.15, 0.2) is 17.5 Å². The molecule has 14 heteroatoms. The Balaban J connectivity index is 2.27. The summed E-state index contributed by atoms with van der Waals surface area (Å²) in [5.41, 5.74) is 1.08. The molecule has 1 heterocycles. The van der Waals surface area contributed by atoms with Gasteiger partial charge >= 0.3 is 5.97 Å². The molecule has 1 N–H and O–H groups in total. The van der Waals surface area contributed by atoms with Crippen molar-refractivity contribution in [3.63, 3.8) is 0 Å². The van der Waals surface area contributed by atoms with Crippen molar-refractivity contribution in [3.8, 4) is 11.4 Å². The number of halogens is 7. The van der Waals surface area contributed by atoms with Crippen molar-refractivity contribution in [2.75, 3.05) is 18.5 Å². The zero-order chi connectivity index (χ0) is 22.5. The normalized spacial score (nSPS) is 11.8. The van der Waals surface area contributed by atoms with Gasteiger partial charge in [0.1, 0.15) is 12.8 Å². The van der Waals surface area contributed by atoms with Crippen LogP contribution in [0.5, 0.6) is 0 Å². The van der Waals surface area contributed by atoms with Gasteiger partial charge in [0, 0.05) is 22.1 Å². The van der Waals surface area contributed by atoms with E-state index in [1.54, 1.807) is 18.2 Å². The Hall–Kier alpha value is -0.610. The first-order valence-electron chi connectivity index (χ1n) is 7.95. The number of aromatic nitrogens is 3. The summed E-state index contributed by atoms with van der Waals surface area (Å²) < 4.78 is 1.52. The van der Waals surface area contributed by atoms with Gasteiger partial charge in [0.05, 0.1) is 6.61 Å². The smallest absolute Gasteiger partial charge is 0.325 e. The molecule has 0 radical (unpaired) electrons. The number of carbonyl (C=O) groups is 2. The fraction of sp³-hybridized carbons (Fsp3) is 0.312. The zero-order valence-electron chi connectivity index (χ0n) is 14.6. The standard InChI is InChI=1S/C16H11BrCl6N4O3/c17-9-6-8(2-3-10(9)24-7-11(29)30-5-1-4-28)12-25-13(15(18,19)20)27-14(26-12)16(21,22)23/h2-4,6,24H,1,5,7H2. The molecule has 0 aliphatic carbocycles. The largest absolute Gasteiger partial charge is 0.464 e. The number of benzene rings is 1. The molecule has 0 saturated carbocycles. The third-order valence-electron chi connectivity index (χ3n) is 3.29. The van der Waals surface area contributed by atoms with Gasteiger partial charge in [-0.05, 0) is 34.1 Å². The number of alkyl halides is 6. The van der Waals surface area contributed by atoms with Gasteiger partial charge in [0.2, 0.25) is 7.59 Å². The van der Waals surface area contributed by atoms with Gasteiger partial charge in [-0.15, -0.1) is 0 Å². The Bertz CT molecular complexity index is 904. The molecule has 0 atom stereocenters. The van der Waals surface area contributed by atoms with Crippen molar-refractivity contribution in [1.82, 2.24) is 15.0 Å². The van der Waals surface area contributed by atoms with E-state index < -0.39 is 13.6 Å². The molecule has 2 aromatic rings. The maximum atomic E-state index is 11.6. The van der Waals surface area contributed by atoms with E-state index in [-0.39, 0.29) is 37.0 Å². The molecule has 0 saturated heterocycles. The third kappa shape index (κ3) is 7.51. The Morgan fingerprint density at radius 1 is 1.07 bits per heavy atom. The Morgan fingerprint density at radius 3 is 2.17 bits per heavy atom. The molecule has 1 aromatic carbocycles. The van der Waals surface area contributed by atoms with Crippen molar-refractivity contribution in [2.24, 2.45) is 0 Å². The van der Waals surface area contributed by atoms with Crippen LogP contribution in [-0.4, -0.2) is 40.4 Å². The topological polar surface area (TPSA) is 94.1 Å². The van der Waals surface area contributed by atoms with Gasteiger partial charge < -0.3 is 14.8 Å². The third-order valence-corrected chi connectivity index (χ3v) is 4.96. The zero-order valence-corrected chi connectivity index (χ0v) is 20.8. The molecule has 30 heavy (non-hydrogen) atoms. The molecular formula is C16H11BrCl6N4O3. The fourth-order valence-electron chi connectivity index (χ4n) is 2.00. The minimum absolute atomic E-state index is 0.0284. The maximum absolute atomic E-state index is 11.6. The number of rotatable bonds is 7. The lowest BCUT2D eigenvalue weighted by Crippen LogP contribution is -2.18. The molecule has 0 aliphatic rings. The molecule has 0 spiro atoms. The minimum atomic E-state index is -1.97. The van der Waals surface area contributed by atoms with Crippen LogP contribution in [0.4, 0.5) is 5.69 Å². The highest BCUT2D eigenvalue weighted by atomic mass is 79.9. The molecule has 0 aliphatic heterocycles. The molecule has 7 nitrogen and oxygen atoms in total. The molecule has 0 bridgehead atoms. The molecule has 1 aromatic heterocycles. The Kier molecular flexibility index (Phi) is 9.24. The lowest BCUT2D eigenvalue weighted by atomic mass is 10.2. The highest BCUT2D eigenvalue weighted by Gasteiger charge is 2.34. The predicted molar refractivity (Wildman–Crippen MR) is 122 cm³/mol. The summed E-state index contributed by atoms with van der Waals surface area (Å²) in [6, 6.07) is 4.95. The number of nitrogens with zero attached hydrogens (tertiary/aromatic N) is 3. The van der Waals surface area contributed by atoms with Crippen molar-refractivity contribution in [3.05, 3.63) is 34.3 Å². The highest BCUT2D eigenvalue weighted by molar-refractivity contribution is 9.10. The molecule has 2 rings (SSSR count). The number of hydrogen-bond acceptors (Lipinski definition) is 7. The molecular weight excluding hydrogens is 589 g/mol. The molecule has 0 fully saturated rings. The number of aldehydes is 1. The van der Waals surface area contributed by atoms with Gasteiger partial charge in [-0.25, -0.2) is 15.0 Å². The summed E-state index contributed by atoms with van der Waals surface area (Å²) in [7, 11) is 0. The summed E-state index contributed by atoms with van der Waals surface area (Å²) in [5, 5.41) is 2.90. The quantitative estimate of drug-likeness (QED) is 0.194. The lowest BCUT2D eigenvalue weighted by molar-refractivity contribution is -0.141. The highest BCUT2D eigenvalue weighted by Crippen LogP contribution is 2.41. The number of ether oxygens (including phenoxy) is 1. The van der Waals surface area contributed by atoms with E-state index in [1.165, 1.54) is 0 Å². The van der Waals surface area contributed by atoms with Crippen LogP contribution in [0.2, 0.25) is 0 Å². The van der Waals surface area contributed by atoms with Gasteiger partial charge in [-0.1, -0.05) is 69.6 Å². The van der Waals surface area contributed by atoms with Crippen LogP contribution < -0.4 is 5.32 Å². The fourth-order valence-corrected chi connectivity index (χ4v) is 3.02. The SMILES string of the molecule is O=CCCOC(=O)CNc1ccc(-c2nc(C(Cl)(Cl)Cl)nc(C(Cl)(Cl)Cl)n2)cc1Br. The van der Waals surface area contributed by atoms with Crippen LogP contribution in [0, 0.1) is 0 Å². The minimum Gasteiger partial charge on any atom is -0.464 e. The van der Waals surface area contributed by atoms with E-state index in [9.17, 15) is 9.59 Å². The second-order valence-corrected chi connectivity index (χ2v) is 10.9. The second-order valence-electron chi connectivity index (χ2n) is 5.53. The first-order valence-corrected chi connectivity index (χ1v) is 11.0. The van der Waals surface area contributed by atoms with E-state index in [0.717, 1.165) is 0 Å². The van der Waals surface area contributed by atoms with E-state index in [4.69, 9.17) is 74.3 Å². The van der Waals surface area contributed by atoms with Gasteiger partial charge in [-0.3, -0.25) is 4.79 Å². The van der Waals surface area contributed by atoms with Crippen molar-refractivity contribution in [1.29, 1.82) is 0 Å². The number of esters is 1. The molecule has 0 amide bonds. The van der Waals surface area contributed by atoms with Crippen LogP contribution in [0.1, 0.15) is 18.1 Å².